The molecule has 1 heterocycles. The van der Waals surface area contributed by atoms with Crippen LogP contribution in [0.5, 0.6) is 0 Å². The van der Waals surface area contributed by atoms with Gasteiger partial charge < -0.3 is 17.1 Å². The van der Waals surface area contributed by atoms with E-state index in [0.29, 0.717) is 35.5 Å². The average Bonchev–Trinajstić information content (AvgIpc) is 2.68. The van der Waals surface area contributed by atoms with Gasteiger partial charge in [0.1, 0.15) is 11.5 Å². The van der Waals surface area contributed by atoms with Gasteiger partial charge in [0.05, 0.1) is 17.6 Å². The van der Waals surface area contributed by atoms with Gasteiger partial charge in [0.15, 0.2) is 5.78 Å². The molecule has 2 aromatic rings. The molecule has 5 heteroatoms. The van der Waals surface area contributed by atoms with E-state index in [1.54, 1.807) is 0 Å². The summed E-state index contributed by atoms with van der Waals surface area (Å²) in [5, 5.41) is 9.70. The number of nitriles is 1. The molecule has 2 unspecified atom stereocenters. The van der Waals surface area contributed by atoms with E-state index in [9.17, 15) is 10.1 Å². The molecule has 142 valence electrons. The van der Waals surface area contributed by atoms with Gasteiger partial charge in [0.25, 0.3) is 0 Å². The summed E-state index contributed by atoms with van der Waals surface area (Å²) in [4.78, 5) is 13.2. The van der Waals surface area contributed by atoms with Gasteiger partial charge in [-0.15, -0.1) is 0 Å². The first-order valence-corrected chi connectivity index (χ1v) is 9.73. The van der Waals surface area contributed by atoms with Gasteiger partial charge in [0, 0.05) is 22.9 Å². The average molecular weight is 456 g/mol. The second-order valence-electron chi connectivity index (χ2n) is 6.94. The highest BCUT2D eigenvalue weighted by molar-refractivity contribution is 9.10. The fourth-order valence-corrected chi connectivity index (χ4v) is 4.26. The Bertz CT molecular complexity index is 1000. The van der Waals surface area contributed by atoms with Crippen LogP contribution in [0, 0.1) is 11.3 Å². The topological polar surface area (TPSA) is 50.1 Å². The van der Waals surface area contributed by atoms with Crippen LogP contribution >= 0.6 is 15.9 Å². The number of halogens is 2. The van der Waals surface area contributed by atoms with E-state index in [4.69, 9.17) is 4.74 Å². The van der Waals surface area contributed by atoms with E-state index in [0.717, 1.165) is 15.6 Å². The van der Waals surface area contributed by atoms with Crippen LogP contribution in [0.2, 0.25) is 0 Å². The van der Waals surface area contributed by atoms with Crippen molar-refractivity contribution in [2.45, 2.75) is 31.6 Å². The maximum absolute atomic E-state index is 13.2. The molecule has 2 atom stereocenters. The zero-order chi connectivity index (χ0) is 19.0. The molecular weight excluding hydrogens is 438 g/mol. The third-order valence-corrected chi connectivity index (χ3v) is 5.82. The Labute approximate surface area is 179 Å². The highest BCUT2D eigenvalue weighted by atomic mass is 79.9. The quantitative estimate of drug-likeness (QED) is 0.700. The van der Waals surface area contributed by atoms with Crippen molar-refractivity contribution < 1.29 is 21.9 Å². The Morgan fingerprint density at radius 2 is 1.71 bits per heavy atom. The summed E-state index contributed by atoms with van der Waals surface area (Å²) in [6, 6.07) is 20.1. The van der Waals surface area contributed by atoms with Crippen molar-refractivity contribution in [3.8, 4) is 6.07 Å². The van der Waals surface area contributed by atoms with E-state index in [1.807, 2.05) is 49.4 Å². The number of benzene rings is 2. The van der Waals surface area contributed by atoms with Crippen LogP contribution < -0.4 is 12.4 Å². The Balaban J connectivity index is 0.00000225. The summed E-state index contributed by atoms with van der Waals surface area (Å²) in [5.74, 6) is 1.13. The molecule has 0 aromatic heterocycles. The Kier molecular flexibility index (Phi) is 6.07. The van der Waals surface area contributed by atoms with Gasteiger partial charge in [-0.3, -0.25) is 4.79 Å². The standard InChI is InChI=1S/C23H18BrNO2.ClH/c1-14-19(13-25)22(16-5-3-2-4-6-16)23-20(26)11-17(12-21(23)27-14)15-7-9-18(24)10-8-15;/h2-10,17,22H,11-12H2,1H3;1H/p-1. The molecule has 1 aliphatic heterocycles. The summed E-state index contributed by atoms with van der Waals surface area (Å²) >= 11 is 3.46. The number of ketones is 1. The molecule has 4 rings (SSSR count). The fraction of sp³-hybridized carbons (Fsp3) is 0.217. The van der Waals surface area contributed by atoms with Crippen molar-refractivity contribution >= 4 is 21.7 Å². The molecule has 2 aromatic carbocycles. The Hall–Kier alpha value is -2.35. The monoisotopic (exact) mass is 454 g/mol. The SMILES string of the molecule is CC1=C(C#N)C(c2ccccc2)C2=C(CC(c3ccc(Br)cc3)CC2=O)O1.[Cl-]. The van der Waals surface area contributed by atoms with E-state index < -0.39 is 0 Å². The van der Waals surface area contributed by atoms with Crippen molar-refractivity contribution in [3.05, 3.63) is 92.9 Å². The molecule has 0 N–H and O–H groups in total. The molecule has 3 nitrogen and oxygen atoms in total. The molecule has 0 saturated heterocycles. The minimum Gasteiger partial charge on any atom is -1.00 e. The molecule has 0 fully saturated rings. The number of ether oxygens (including phenoxy) is 1. The third-order valence-electron chi connectivity index (χ3n) is 5.29. The molecule has 0 bridgehead atoms. The zero-order valence-corrected chi connectivity index (χ0v) is 17.6. The van der Waals surface area contributed by atoms with E-state index >= 15 is 0 Å². The summed E-state index contributed by atoms with van der Waals surface area (Å²) in [6.07, 6.45) is 1.10. The van der Waals surface area contributed by atoms with E-state index in [1.165, 1.54) is 0 Å². The predicted molar refractivity (Wildman–Crippen MR) is 107 cm³/mol. The molecule has 0 saturated carbocycles. The molecule has 0 amide bonds. The van der Waals surface area contributed by atoms with Crippen LogP contribution in [0.15, 0.2) is 81.7 Å². The highest BCUT2D eigenvalue weighted by Crippen LogP contribution is 2.47. The Morgan fingerprint density at radius 3 is 2.36 bits per heavy atom. The number of nitrogens with zero attached hydrogens (tertiary/aromatic N) is 1. The van der Waals surface area contributed by atoms with Gasteiger partial charge in [-0.2, -0.15) is 5.26 Å². The number of carbonyl (C=O) groups is 1. The lowest BCUT2D eigenvalue weighted by Crippen LogP contribution is -3.00. The fourth-order valence-electron chi connectivity index (χ4n) is 3.99. The van der Waals surface area contributed by atoms with Crippen molar-refractivity contribution in [2.24, 2.45) is 0 Å². The molecule has 1 aliphatic carbocycles. The smallest absolute Gasteiger partial charge is 0.163 e. The van der Waals surface area contributed by atoms with Gasteiger partial charge in [0.2, 0.25) is 0 Å². The molecule has 2 aliphatic rings. The first-order valence-electron chi connectivity index (χ1n) is 8.94. The summed E-state index contributed by atoms with van der Waals surface area (Å²) < 4.78 is 7.02. The van der Waals surface area contributed by atoms with Gasteiger partial charge in [-0.05, 0) is 36.1 Å². The number of Topliss-reactive ketones (excluding diaryl/α,β-unsaturated/α-hetero) is 1. The lowest BCUT2D eigenvalue weighted by molar-refractivity contribution is -0.117. The van der Waals surface area contributed by atoms with E-state index in [-0.39, 0.29) is 30.0 Å². The van der Waals surface area contributed by atoms with Crippen molar-refractivity contribution in [3.63, 3.8) is 0 Å². The summed E-state index contributed by atoms with van der Waals surface area (Å²) in [5.41, 5.74) is 3.26. The highest BCUT2D eigenvalue weighted by Gasteiger charge is 2.40. The minimum atomic E-state index is -0.335. The van der Waals surface area contributed by atoms with Crippen LogP contribution in [-0.4, -0.2) is 5.78 Å². The lowest BCUT2D eigenvalue weighted by Gasteiger charge is -2.34. The van der Waals surface area contributed by atoms with Crippen LogP contribution in [-0.2, 0) is 9.53 Å². The number of carbonyl (C=O) groups excluding carboxylic acids is 1. The number of hydrogen-bond acceptors (Lipinski definition) is 3. The molecule has 0 spiro atoms. The maximum Gasteiger partial charge on any atom is 0.163 e. The van der Waals surface area contributed by atoms with Gasteiger partial charge in [-0.1, -0.05) is 58.4 Å². The summed E-state index contributed by atoms with van der Waals surface area (Å²) in [6.45, 7) is 1.81. The normalized spacial score (nSPS) is 21.4. The van der Waals surface area contributed by atoms with Crippen molar-refractivity contribution in [2.75, 3.05) is 0 Å². The van der Waals surface area contributed by atoms with Gasteiger partial charge >= 0.3 is 0 Å². The largest absolute Gasteiger partial charge is 1.00 e. The molecule has 0 radical (unpaired) electrons. The van der Waals surface area contributed by atoms with Gasteiger partial charge in [-0.25, -0.2) is 0 Å². The first-order chi connectivity index (χ1) is 13.1. The summed E-state index contributed by atoms with van der Waals surface area (Å²) in [7, 11) is 0. The van der Waals surface area contributed by atoms with Crippen LogP contribution in [0.25, 0.3) is 0 Å². The third kappa shape index (κ3) is 3.65. The lowest BCUT2D eigenvalue weighted by atomic mass is 9.73. The minimum absolute atomic E-state index is 0. The van der Waals surface area contributed by atoms with Crippen molar-refractivity contribution in [1.29, 1.82) is 5.26 Å². The van der Waals surface area contributed by atoms with Crippen LogP contribution in [0.1, 0.15) is 42.7 Å². The molecule has 28 heavy (non-hydrogen) atoms. The van der Waals surface area contributed by atoms with E-state index in [2.05, 4.69) is 34.1 Å². The maximum atomic E-state index is 13.2. The number of rotatable bonds is 2. The zero-order valence-electron chi connectivity index (χ0n) is 15.3. The second kappa shape index (κ2) is 8.34. The van der Waals surface area contributed by atoms with Crippen LogP contribution in [0.4, 0.5) is 0 Å². The van der Waals surface area contributed by atoms with Crippen LogP contribution in [0.3, 0.4) is 0 Å². The Morgan fingerprint density at radius 1 is 1.04 bits per heavy atom. The second-order valence-corrected chi connectivity index (χ2v) is 7.86. The number of hydrogen-bond donors (Lipinski definition) is 0. The first kappa shape index (κ1) is 20.4. The molecular formula is C23H18BrClNO2-. The van der Waals surface area contributed by atoms with Crippen molar-refractivity contribution in [1.82, 2.24) is 0 Å². The number of allylic oxidation sites excluding steroid dienone is 4. The predicted octanol–water partition coefficient (Wildman–Crippen LogP) is 2.77.